The van der Waals surface area contributed by atoms with E-state index in [0.29, 0.717) is 17.0 Å². The minimum atomic E-state index is -4.00. The number of pyridine rings is 1. The van der Waals surface area contributed by atoms with Crippen LogP contribution in [0.1, 0.15) is 47.1 Å². The zero-order valence-electron chi connectivity index (χ0n) is 28.4. The Bertz CT molecular complexity index is 2000. The van der Waals surface area contributed by atoms with Crippen LogP contribution >= 0.6 is 11.8 Å². The van der Waals surface area contributed by atoms with Crippen molar-refractivity contribution in [1.29, 1.82) is 0 Å². The Morgan fingerprint density at radius 2 is 1.61 bits per heavy atom. The second-order valence-electron chi connectivity index (χ2n) is 12.6. The third kappa shape index (κ3) is 9.50. The highest BCUT2D eigenvalue weighted by atomic mass is 32.2. The number of aromatic nitrogens is 1. The molecule has 5 atom stereocenters. The van der Waals surface area contributed by atoms with Crippen molar-refractivity contribution >= 4 is 33.4 Å². The van der Waals surface area contributed by atoms with Crippen LogP contribution in [0.15, 0.2) is 137 Å². The van der Waals surface area contributed by atoms with Gasteiger partial charge in [-0.2, -0.15) is 4.72 Å². The van der Waals surface area contributed by atoms with E-state index in [4.69, 9.17) is 9.47 Å². The van der Waals surface area contributed by atoms with Crippen molar-refractivity contribution in [2.24, 2.45) is 5.92 Å². The van der Waals surface area contributed by atoms with Gasteiger partial charge < -0.3 is 19.9 Å². The number of aliphatic hydroxyl groups excluding tert-OH is 1. The van der Waals surface area contributed by atoms with Gasteiger partial charge in [-0.05, 0) is 66.4 Å². The van der Waals surface area contributed by atoms with Crippen molar-refractivity contribution in [1.82, 2.24) is 9.71 Å². The first-order valence-corrected chi connectivity index (χ1v) is 19.2. The van der Waals surface area contributed by atoms with Gasteiger partial charge >= 0.3 is 0 Å². The van der Waals surface area contributed by atoms with Crippen molar-refractivity contribution in [2.75, 3.05) is 11.1 Å². The Labute approximate surface area is 303 Å². The zero-order valence-corrected chi connectivity index (χ0v) is 30.0. The second kappa shape index (κ2) is 16.8. The van der Waals surface area contributed by atoms with Crippen molar-refractivity contribution in [3.05, 3.63) is 155 Å². The van der Waals surface area contributed by atoms with E-state index in [9.17, 15) is 18.3 Å². The number of thioether (sulfide) groups is 1. The van der Waals surface area contributed by atoms with Crippen molar-refractivity contribution in [3.8, 4) is 0 Å². The van der Waals surface area contributed by atoms with Crippen LogP contribution in [0.3, 0.4) is 0 Å². The van der Waals surface area contributed by atoms with Gasteiger partial charge in [0.25, 0.3) is 0 Å². The maximum Gasteiger partial charge on any atom is 0.242 e. The number of carbonyl (C=O) groups is 1. The summed E-state index contributed by atoms with van der Waals surface area (Å²) in [5, 5.41) is 13.4. The first kappa shape index (κ1) is 36.4. The molecule has 3 N–H and O–H groups in total. The lowest BCUT2D eigenvalue weighted by Gasteiger charge is -2.41. The fraction of sp³-hybridized carbons (Fsp3) is 0.250. The molecular weight excluding hydrogens is 683 g/mol. The van der Waals surface area contributed by atoms with Gasteiger partial charge in [-0.1, -0.05) is 97.4 Å². The number of hydrogen-bond acceptors (Lipinski definition) is 8. The molecule has 0 unspecified atom stereocenters. The smallest absolute Gasteiger partial charge is 0.242 e. The van der Waals surface area contributed by atoms with Crippen LogP contribution < -0.4 is 10.0 Å². The number of rotatable bonds is 13. The van der Waals surface area contributed by atoms with Crippen LogP contribution in [0.5, 0.6) is 0 Å². The van der Waals surface area contributed by atoms with Gasteiger partial charge in [-0.15, -0.1) is 11.8 Å². The second-order valence-corrected chi connectivity index (χ2v) is 15.3. The molecule has 0 bridgehead atoms. The van der Waals surface area contributed by atoms with Gasteiger partial charge in [0.1, 0.15) is 6.04 Å². The number of carbonyl (C=O) groups excluding carboxylic acids is 1. The van der Waals surface area contributed by atoms with Gasteiger partial charge in [-0.25, -0.2) is 13.4 Å². The predicted octanol–water partition coefficient (Wildman–Crippen LogP) is 6.99. The van der Waals surface area contributed by atoms with Gasteiger partial charge in [0, 0.05) is 29.1 Å². The van der Waals surface area contributed by atoms with Crippen molar-refractivity contribution in [2.45, 2.75) is 61.3 Å². The minimum Gasteiger partial charge on any atom is -0.392 e. The maximum absolute atomic E-state index is 13.8. The topological polar surface area (TPSA) is 127 Å². The standard InChI is InChI=1S/C40H41N3O6S2/c1-27-14-20-34(21-15-27)51(46,47)43-35(23-29-9-4-3-5-10-29)39(45)42-33-12-8-11-32(24-33)40-48-36(26-50-37-13-6-7-22-41-37)28(2)38(49-40)31-18-16-30(25-44)17-19-31/h3-22,24,28,35-36,38,40,43-44H,23,25-26H2,1-2H3,(H,42,45)/t28-,35+,36+,38+,40+/m0/s1. The number of anilines is 1. The highest BCUT2D eigenvalue weighted by Gasteiger charge is 2.38. The quantitative estimate of drug-likeness (QED) is 0.111. The minimum absolute atomic E-state index is 0.0133. The largest absolute Gasteiger partial charge is 0.392 e. The summed E-state index contributed by atoms with van der Waals surface area (Å²) in [5.74, 6) is 0.125. The SMILES string of the molecule is Cc1ccc(S(=O)(=O)N[C@H](Cc2ccccc2)C(=O)Nc2cccc([C@@H]3O[C@H](CSc4ccccn4)[C@H](C)[C@H](c4ccc(CO)cc4)O3)c2)cc1. The van der Waals surface area contributed by atoms with E-state index in [1.54, 1.807) is 48.3 Å². The number of aliphatic hydroxyl groups is 1. The van der Waals surface area contributed by atoms with E-state index >= 15 is 0 Å². The number of hydrogen-bond donors (Lipinski definition) is 3. The Morgan fingerprint density at radius 3 is 2.31 bits per heavy atom. The summed E-state index contributed by atoms with van der Waals surface area (Å²) in [6.07, 6.45) is 0.646. The van der Waals surface area contributed by atoms with E-state index in [0.717, 1.165) is 27.3 Å². The predicted molar refractivity (Wildman–Crippen MR) is 198 cm³/mol. The highest BCUT2D eigenvalue weighted by Crippen LogP contribution is 2.43. The first-order valence-electron chi connectivity index (χ1n) is 16.8. The van der Waals surface area contributed by atoms with E-state index in [1.165, 1.54) is 12.1 Å². The van der Waals surface area contributed by atoms with Crippen molar-refractivity contribution < 1.29 is 27.8 Å². The molecule has 264 valence electrons. The molecule has 5 aromatic rings. The molecule has 0 radical (unpaired) electrons. The Balaban J connectivity index is 1.24. The molecule has 0 spiro atoms. The van der Waals surface area contributed by atoms with Crippen molar-refractivity contribution in [3.63, 3.8) is 0 Å². The van der Waals surface area contributed by atoms with Crippen LogP contribution in [0.25, 0.3) is 0 Å². The van der Waals surface area contributed by atoms with E-state index in [-0.39, 0.29) is 36.0 Å². The number of aryl methyl sites for hydroxylation is 1. The molecule has 1 aliphatic heterocycles. The van der Waals surface area contributed by atoms with E-state index in [1.807, 2.05) is 85.8 Å². The van der Waals surface area contributed by atoms with Crippen LogP contribution in [-0.4, -0.2) is 42.3 Å². The lowest BCUT2D eigenvalue weighted by Crippen LogP contribution is -2.45. The molecule has 11 heteroatoms. The summed E-state index contributed by atoms with van der Waals surface area (Å²) in [6, 6.07) is 35.5. The highest BCUT2D eigenvalue weighted by molar-refractivity contribution is 7.99. The molecule has 1 aromatic heterocycles. The molecule has 9 nitrogen and oxygen atoms in total. The average molecular weight is 724 g/mol. The number of sulfonamides is 1. The lowest BCUT2D eigenvalue weighted by atomic mass is 9.91. The monoisotopic (exact) mass is 723 g/mol. The Kier molecular flexibility index (Phi) is 12.0. The number of ether oxygens (including phenoxy) is 2. The Morgan fingerprint density at radius 1 is 0.863 bits per heavy atom. The molecule has 4 aromatic carbocycles. The molecule has 2 heterocycles. The first-order chi connectivity index (χ1) is 24.7. The van der Waals surface area contributed by atoms with Gasteiger partial charge in [0.05, 0.1) is 28.7 Å². The summed E-state index contributed by atoms with van der Waals surface area (Å²) in [5.41, 5.74) is 4.69. The van der Waals surface area contributed by atoms with Crippen LogP contribution in [0.2, 0.25) is 0 Å². The normalized spacial score (nSPS) is 19.7. The summed E-state index contributed by atoms with van der Waals surface area (Å²) in [6.45, 7) is 3.94. The molecule has 0 saturated carbocycles. The molecule has 0 aliphatic carbocycles. The van der Waals surface area contributed by atoms with Gasteiger partial charge in [0.15, 0.2) is 6.29 Å². The summed E-state index contributed by atoms with van der Waals surface area (Å²) in [7, 11) is -4.00. The molecule has 6 rings (SSSR count). The van der Waals surface area contributed by atoms with E-state index < -0.39 is 28.3 Å². The van der Waals surface area contributed by atoms with E-state index in [2.05, 4.69) is 21.9 Å². The molecule has 1 saturated heterocycles. The van der Waals surface area contributed by atoms with Crippen LogP contribution in [0, 0.1) is 12.8 Å². The maximum atomic E-state index is 13.8. The third-order valence-electron chi connectivity index (χ3n) is 8.81. The molecular formula is C40H41N3O6S2. The number of benzene rings is 4. The number of nitrogens with one attached hydrogen (secondary N) is 2. The van der Waals surface area contributed by atoms with Gasteiger partial charge in [-0.3, -0.25) is 4.79 Å². The Hall–Kier alpha value is -4.36. The van der Waals surface area contributed by atoms with Crippen LogP contribution in [-0.2, 0) is 37.3 Å². The molecule has 1 amide bonds. The summed E-state index contributed by atoms with van der Waals surface area (Å²) >= 11 is 1.61. The third-order valence-corrected chi connectivity index (χ3v) is 11.3. The molecule has 1 aliphatic rings. The summed E-state index contributed by atoms with van der Waals surface area (Å²) < 4.78 is 42.7. The molecule has 1 fully saturated rings. The lowest BCUT2D eigenvalue weighted by molar-refractivity contribution is -0.268. The zero-order chi connectivity index (χ0) is 35.8. The average Bonchev–Trinajstić information content (AvgIpc) is 3.15. The van der Waals surface area contributed by atoms with Gasteiger partial charge in [0.2, 0.25) is 15.9 Å². The number of nitrogens with zero attached hydrogens (tertiary/aromatic N) is 1. The fourth-order valence-electron chi connectivity index (χ4n) is 5.91. The van der Waals surface area contributed by atoms with Crippen LogP contribution in [0.4, 0.5) is 5.69 Å². The summed E-state index contributed by atoms with van der Waals surface area (Å²) in [4.78, 5) is 18.4. The molecule has 51 heavy (non-hydrogen) atoms. The number of amides is 1. The fourth-order valence-corrected chi connectivity index (χ4v) is 8.14.